The molecule has 98 valence electrons. The first-order valence-corrected chi connectivity index (χ1v) is 6.97. The third kappa shape index (κ3) is 2.23. The zero-order valence-corrected chi connectivity index (χ0v) is 11.2. The van der Waals surface area contributed by atoms with E-state index in [0.29, 0.717) is 15.9 Å². The Morgan fingerprint density at radius 1 is 1.53 bits per heavy atom. The number of aliphatic hydroxyl groups excluding tert-OH is 1. The molecule has 0 aliphatic heterocycles. The Hall–Kier alpha value is -1.84. The van der Waals surface area contributed by atoms with Crippen LogP contribution < -0.4 is 11.3 Å². The van der Waals surface area contributed by atoms with Crippen LogP contribution in [0.15, 0.2) is 32.6 Å². The number of fused-ring (bicyclic) bond motifs is 1. The number of aromatic amines is 1. The minimum absolute atomic E-state index is 0.146. The minimum Gasteiger partial charge on any atom is -0.390 e. The third-order valence-electron chi connectivity index (χ3n) is 2.41. The molecule has 0 aliphatic carbocycles. The average molecular weight is 295 g/mol. The Kier molecular flexibility index (Phi) is 3.01. The first kappa shape index (κ1) is 12.2. The molecule has 7 nitrogen and oxygen atoms in total. The van der Waals surface area contributed by atoms with E-state index in [4.69, 9.17) is 5.73 Å². The summed E-state index contributed by atoms with van der Waals surface area (Å²) < 4.78 is 1.80. The van der Waals surface area contributed by atoms with Crippen molar-refractivity contribution in [3.05, 3.63) is 33.7 Å². The maximum Gasteiger partial charge on any atom is 0.253 e. The molecular formula is C10H9N5O2S2. The SMILES string of the molecule is Nc1cc(=O)[nH]c(Sc2nc3sccn3c2CO)n1. The number of H-pyrrole nitrogens is 1. The number of hydrogen-bond acceptors (Lipinski definition) is 7. The predicted octanol–water partition coefficient (Wildman–Crippen LogP) is 0.705. The molecule has 0 unspecified atom stereocenters. The fraction of sp³-hybridized carbons (Fsp3) is 0.100. The van der Waals surface area contributed by atoms with Crippen LogP contribution in [0.2, 0.25) is 0 Å². The molecule has 4 N–H and O–H groups in total. The van der Waals surface area contributed by atoms with Crippen LogP contribution in [0.25, 0.3) is 4.96 Å². The van der Waals surface area contributed by atoms with Gasteiger partial charge in [-0.05, 0) is 11.8 Å². The zero-order chi connectivity index (χ0) is 13.4. The highest BCUT2D eigenvalue weighted by molar-refractivity contribution is 7.99. The normalized spacial score (nSPS) is 11.2. The largest absolute Gasteiger partial charge is 0.390 e. The maximum atomic E-state index is 11.3. The van der Waals surface area contributed by atoms with E-state index in [-0.39, 0.29) is 18.0 Å². The number of nitrogens with one attached hydrogen (secondary N) is 1. The van der Waals surface area contributed by atoms with Gasteiger partial charge in [-0.1, -0.05) is 0 Å². The van der Waals surface area contributed by atoms with Crippen molar-refractivity contribution in [3.63, 3.8) is 0 Å². The average Bonchev–Trinajstić information content (AvgIpc) is 2.87. The molecule has 0 atom stereocenters. The van der Waals surface area contributed by atoms with Crippen molar-refractivity contribution in [3.8, 4) is 0 Å². The standard InChI is InChI=1S/C10H9N5O2S2/c11-6-3-7(17)13-9(12-6)19-8-5(4-16)15-1-2-18-10(15)14-8/h1-3,16H,4H2,(H3,11,12,13,17). The van der Waals surface area contributed by atoms with Gasteiger partial charge < -0.3 is 15.8 Å². The lowest BCUT2D eigenvalue weighted by Crippen LogP contribution is -2.09. The molecule has 3 heterocycles. The number of anilines is 1. The number of nitrogens with zero attached hydrogens (tertiary/aromatic N) is 3. The molecule has 0 spiro atoms. The highest BCUT2D eigenvalue weighted by atomic mass is 32.2. The molecule has 0 fully saturated rings. The number of thiazole rings is 1. The van der Waals surface area contributed by atoms with Gasteiger partial charge >= 0.3 is 0 Å². The molecule has 9 heteroatoms. The second-order valence-corrected chi connectivity index (χ2v) is 5.51. The number of aliphatic hydroxyl groups is 1. The van der Waals surface area contributed by atoms with Gasteiger partial charge in [0.15, 0.2) is 10.1 Å². The van der Waals surface area contributed by atoms with E-state index in [1.165, 1.54) is 29.2 Å². The third-order valence-corrected chi connectivity index (χ3v) is 4.07. The van der Waals surface area contributed by atoms with Gasteiger partial charge in [0.05, 0.1) is 12.3 Å². The molecule has 0 bridgehead atoms. The highest BCUT2D eigenvalue weighted by Gasteiger charge is 2.14. The monoisotopic (exact) mass is 295 g/mol. The molecule has 0 saturated heterocycles. The Morgan fingerprint density at radius 3 is 3.11 bits per heavy atom. The van der Waals surface area contributed by atoms with Gasteiger partial charge in [0.25, 0.3) is 5.56 Å². The molecule has 0 amide bonds. The molecule has 0 radical (unpaired) electrons. The number of hydrogen-bond donors (Lipinski definition) is 3. The Balaban J connectivity index is 2.04. The van der Waals surface area contributed by atoms with Gasteiger partial charge in [-0.15, -0.1) is 11.3 Å². The lowest BCUT2D eigenvalue weighted by atomic mass is 10.5. The molecule has 3 aromatic heterocycles. The molecule has 0 aliphatic rings. The van der Waals surface area contributed by atoms with Gasteiger partial charge in [-0.3, -0.25) is 9.20 Å². The molecule has 3 rings (SSSR count). The van der Waals surface area contributed by atoms with Gasteiger partial charge in [0, 0.05) is 17.6 Å². The van der Waals surface area contributed by atoms with Crippen molar-refractivity contribution in [1.29, 1.82) is 0 Å². The highest BCUT2D eigenvalue weighted by Crippen LogP contribution is 2.29. The van der Waals surface area contributed by atoms with Crippen LogP contribution in [-0.4, -0.2) is 24.5 Å². The molecule has 3 aromatic rings. The summed E-state index contributed by atoms with van der Waals surface area (Å²) in [4.78, 5) is 23.1. The summed E-state index contributed by atoms with van der Waals surface area (Å²) in [5.74, 6) is 0.151. The fourth-order valence-corrected chi connectivity index (χ4v) is 3.32. The summed E-state index contributed by atoms with van der Waals surface area (Å²) >= 11 is 2.63. The van der Waals surface area contributed by atoms with Crippen LogP contribution in [0.1, 0.15) is 5.69 Å². The van der Waals surface area contributed by atoms with E-state index in [1.54, 1.807) is 4.40 Å². The van der Waals surface area contributed by atoms with E-state index in [1.807, 2.05) is 11.6 Å². The van der Waals surface area contributed by atoms with E-state index in [2.05, 4.69) is 15.0 Å². The predicted molar refractivity (Wildman–Crippen MR) is 72.4 cm³/mol. The number of imidazole rings is 1. The smallest absolute Gasteiger partial charge is 0.253 e. The van der Waals surface area contributed by atoms with Crippen LogP contribution in [0.3, 0.4) is 0 Å². The van der Waals surface area contributed by atoms with Crippen molar-refractivity contribution in [2.45, 2.75) is 16.8 Å². The van der Waals surface area contributed by atoms with Crippen LogP contribution in [0.4, 0.5) is 5.82 Å². The summed E-state index contributed by atoms with van der Waals surface area (Å²) in [6, 6.07) is 1.21. The molecule has 19 heavy (non-hydrogen) atoms. The number of nitrogens with two attached hydrogens (primary N) is 1. The van der Waals surface area contributed by atoms with E-state index in [9.17, 15) is 9.90 Å². The Labute approximate surface area is 115 Å². The van der Waals surface area contributed by atoms with E-state index in [0.717, 1.165) is 4.96 Å². The van der Waals surface area contributed by atoms with Crippen molar-refractivity contribution in [2.75, 3.05) is 5.73 Å². The van der Waals surface area contributed by atoms with Crippen molar-refractivity contribution < 1.29 is 5.11 Å². The zero-order valence-electron chi connectivity index (χ0n) is 9.53. The van der Waals surface area contributed by atoms with Crippen LogP contribution >= 0.6 is 23.1 Å². The number of aromatic nitrogens is 4. The molecular weight excluding hydrogens is 286 g/mol. The second kappa shape index (κ2) is 4.68. The minimum atomic E-state index is -0.318. The maximum absolute atomic E-state index is 11.3. The Bertz CT molecular complexity index is 791. The lowest BCUT2D eigenvalue weighted by molar-refractivity contribution is 0.272. The van der Waals surface area contributed by atoms with Gasteiger partial charge in [0.2, 0.25) is 0 Å². The summed E-state index contributed by atoms with van der Waals surface area (Å²) in [6.45, 7) is -0.146. The topological polar surface area (TPSA) is 109 Å². The van der Waals surface area contributed by atoms with E-state index >= 15 is 0 Å². The fourth-order valence-electron chi connectivity index (χ4n) is 1.63. The summed E-state index contributed by atoms with van der Waals surface area (Å²) in [5.41, 5.74) is 5.86. The molecule has 0 aromatic carbocycles. The number of rotatable bonds is 3. The second-order valence-electron chi connectivity index (χ2n) is 3.65. The first-order chi connectivity index (χ1) is 9.17. The van der Waals surface area contributed by atoms with Crippen molar-refractivity contribution in [1.82, 2.24) is 19.4 Å². The molecule has 0 saturated carbocycles. The van der Waals surface area contributed by atoms with Crippen molar-refractivity contribution in [2.24, 2.45) is 0 Å². The van der Waals surface area contributed by atoms with Gasteiger partial charge in [-0.25, -0.2) is 9.97 Å². The van der Waals surface area contributed by atoms with Crippen LogP contribution in [-0.2, 0) is 6.61 Å². The van der Waals surface area contributed by atoms with Gasteiger partial charge in [0.1, 0.15) is 10.8 Å². The summed E-state index contributed by atoms with van der Waals surface area (Å²) in [6.07, 6.45) is 1.83. The summed E-state index contributed by atoms with van der Waals surface area (Å²) in [5, 5.41) is 12.3. The van der Waals surface area contributed by atoms with Crippen molar-refractivity contribution >= 4 is 33.9 Å². The Morgan fingerprint density at radius 2 is 2.37 bits per heavy atom. The lowest BCUT2D eigenvalue weighted by Gasteiger charge is -2.01. The summed E-state index contributed by atoms with van der Waals surface area (Å²) in [7, 11) is 0. The number of nitrogen functional groups attached to an aromatic ring is 1. The first-order valence-electron chi connectivity index (χ1n) is 5.27. The van der Waals surface area contributed by atoms with E-state index < -0.39 is 0 Å². The van der Waals surface area contributed by atoms with Crippen LogP contribution in [0.5, 0.6) is 0 Å². The quantitative estimate of drug-likeness (QED) is 0.614. The van der Waals surface area contributed by atoms with Crippen LogP contribution in [0, 0.1) is 0 Å². The van der Waals surface area contributed by atoms with Gasteiger partial charge in [-0.2, -0.15) is 0 Å².